The summed E-state index contributed by atoms with van der Waals surface area (Å²) >= 11 is 7.29. The number of benzene rings is 1. The first-order valence-electron chi connectivity index (χ1n) is 6.25. The second kappa shape index (κ2) is 7.31. The molecule has 0 saturated carbocycles. The molecular weight excluding hydrogens is 347 g/mol. The van der Waals surface area contributed by atoms with E-state index in [4.69, 9.17) is 5.84 Å². The number of hydrazine groups is 1. The molecule has 0 aliphatic carbocycles. The number of thioether (sulfide) groups is 2. The zero-order valence-electron chi connectivity index (χ0n) is 10.7. The lowest BCUT2D eigenvalue weighted by Gasteiger charge is -2.34. The third-order valence-corrected chi connectivity index (χ3v) is 7.04. The van der Waals surface area contributed by atoms with Gasteiger partial charge in [-0.15, -0.1) is 0 Å². The smallest absolute Gasteiger partial charge is 0.126 e. The van der Waals surface area contributed by atoms with Crippen molar-refractivity contribution in [2.45, 2.75) is 29.9 Å². The predicted octanol–water partition coefficient (Wildman–Crippen LogP) is 3.20. The van der Waals surface area contributed by atoms with Crippen molar-refractivity contribution in [3.8, 4) is 0 Å². The van der Waals surface area contributed by atoms with Crippen LogP contribution < -0.4 is 11.3 Å². The van der Waals surface area contributed by atoms with E-state index in [1.807, 2.05) is 29.6 Å². The third-order valence-electron chi connectivity index (χ3n) is 3.30. The van der Waals surface area contributed by atoms with Crippen molar-refractivity contribution >= 4 is 39.5 Å². The summed E-state index contributed by atoms with van der Waals surface area (Å²) in [5, 5.41) is 0.956. The van der Waals surface area contributed by atoms with Gasteiger partial charge in [0.15, 0.2) is 0 Å². The molecule has 2 nitrogen and oxygen atoms in total. The largest absolute Gasteiger partial charge is 0.271 e. The number of hydrogen-bond acceptors (Lipinski definition) is 4. The summed E-state index contributed by atoms with van der Waals surface area (Å²) in [4.78, 5) is 0. The lowest BCUT2D eigenvalue weighted by atomic mass is 10.0. The topological polar surface area (TPSA) is 38.0 Å². The van der Waals surface area contributed by atoms with Crippen LogP contribution in [0, 0.1) is 5.82 Å². The van der Waals surface area contributed by atoms with Gasteiger partial charge in [0.2, 0.25) is 0 Å². The van der Waals surface area contributed by atoms with E-state index in [-0.39, 0.29) is 11.9 Å². The van der Waals surface area contributed by atoms with Crippen molar-refractivity contribution in [3.05, 3.63) is 34.1 Å². The number of hydrogen-bond donors (Lipinski definition) is 2. The maximum Gasteiger partial charge on any atom is 0.126 e. The van der Waals surface area contributed by atoms with Crippen LogP contribution in [0.1, 0.15) is 12.5 Å². The summed E-state index contributed by atoms with van der Waals surface area (Å²) in [5.41, 5.74) is 3.59. The Balaban J connectivity index is 2.11. The first-order chi connectivity index (χ1) is 9.11. The Hall–Kier alpha value is 0.250. The van der Waals surface area contributed by atoms with E-state index in [0.717, 1.165) is 10.2 Å². The minimum absolute atomic E-state index is 0.0941. The molecule has 3 N–H and O–H groups in total. The number of rotatable bonds is 4. The molecule has 106 valence electrons. The van der Waals surface area contributed by atoms with Crippen LogP contribution in [0.2, 0.25) is 0 Å². The molecule has 1 saturated heterocycles. The summed E-state index contributed by atoms with van der Waals surface area (Å²) in [5.74, 6) is 7.86. The molecule has 6 heteroatoms. The van der Waals surface area contributed by atoms with Crippen molar-refractivity contribution in [1.82, 2.24) is 5.43 Å². The summed E-state index contributed by atoms with van der Waals surface area (Å²) in [6.45, 7) is 2.23. The van der Waals surface area contributed by atoms with Gasteiger partial charge in [-0.25, -0.2) is 4.39 Å². The van der Waals surface area contributed by atoms with Gasteiger partial charge in [-0.3, -0.25) is 11.3 Å². The molecule has 0 radical (unpaired) electrons. The molecule has 1 aromatic carbocycles. The minimum Gasteiger partial charge on any atom is -0.271 e. The zero-order valence-corrected chi connectivity index (χ0v) is 14.0. The van der Waals surface area contributed by atoms with Gasteiger partial charge < -0.3 is 0 Å². The van der Waals surface area contributed by atoms with E-state index in [9.17, 15) is 4.39 Å². The first-order valence-corrected chi connectivity index (χ1v) is 9.14. The Morgan fingerprint density at radius 2 is 2.21 bits per heavy atom. The number of nitrogens with two attached hydrogens (primary N) is 1. The van der Waals surface area contributed by atoms with E-state index >= 15 is 0 Å². The molecule has 3 unspecified atom stereocenters. The fraction of sp³-hybridized carbons (Fsp3) is 0.538. The SMILES string of the molecule is CC1SCCSC1C(Cc1cc(Br)ccc1F)NN. The van der Waals surface area contributed by atoms with Crippen LogP contribution in [0.3, 0.4) is 0 Å². The summed E-state index contributed by atoms with van der Waals surface area (Å²) in [6.07, 6.45) is 0.615. The van der Waals surface area contributed by atoms with E-state index in [1.165, 1.54) is 11.8 Å². The van der Waals surface area contributed by atoms with Crippen LogP contribution in [0.15, 0.2) is 22.7 Å². The van der Waals surface area contributed by atoms with Crippen molar-refractivity contribution in [1.29, 1.82) is 0 Å². The highest BCUT2D eigenvalue weighted by Gasteiger charge is 2.30. The summed E-state index contributed by atoms with van der Waals surface area (Å²) in [7, 11) is 0. The molecule has 1 aliphatic heterocycles. The molecule has 0 bridgehead atoms. The predicted molar refractivity (Wildman–Crippen MR) is 87.1 cm³/mol. The standard InChI is InChI=1S/C13H18BrFN2S2/c1-8-13(19-5-4-18-8)12(17-16)7-9-6-10(14)2-3-11(9)15/h2-3,6,8,12-13,17H,4-5,7,16H2,1H3. The Bertz CT molecular complexity index is 433. The van der Waals surface area contributed by atoms with Gasteiger partial charge in [0.05, 0.1) is 0 Å². The van der Waals surface area contributed by atoms with Crippen molar-refractivity contribution in [3.63, 3.8) is 0 Å². The minimum atomic E-state index is -0.162. The Labute approximate surface area is 130 Å². The average Bonchev–Trinajstić information content (AvgIpc) is 2.41. The number of halogens is 2. The Morgan fingerprint density at radius 3 is 2.89 bits per heavy atom. The highest BCUT2D eigenvalue weighted by molar-refractivity contribution is 9.10. The van der Waals surface area contributed by atoms with Gasteiger partial charge in [0.1, 0.15) is 5.82 Å². The molecule has 3 atom stereocenters. The maximum atomic E-state index is 13.8. The highest BCUT2D eigenvalue weighted by atomic mass is 79.9. The molecule has 0 amide bonds. The molecule has 0 spiro atoms. The van der Waals surface area contributed by atoms with Gasteiger partial charge >= 0.3 is 0 Å². The summed E-state index contributed by atoms with van der Waals surface area (Å²) in [6, 6.07) is 5.15. The van der Waals surface area contributed by atoms with Gasteiger partial charge in [-0.2, -0.15) is 23.5 Å². The highest BCUT2D eigenvalue weighted by Crippen LogP contribution is 2.34. The molecule has 2 rings (SSSR count). The normalized spacial score (nSPS) is 25.3. The Morgan fingerprint density at radius 1 is 1.47 bits per heavy atom. The van der Waals surface area contributed by atoms with E-state index in [2.05, 4.69) is 28.3 Å². The lowest BCUT2D eigenvalue weighted by molar-refractivity contribution is 0.489. The molecule has 1 fully saturated rings. The van der Waals surface area contributed by atoms with E-state index in [1.54, 1.807) is 6.07 Å². The third kappa shape index (κ3) is 4.11. The first kappa shape index (κ1) is 15.6. The van der Waals surface area contributed by atoms with Crippen LogP contribution >= 0.6 is 39.5 Å². The van der Waals surface area contributed by atoms with Crippen LogP contribution in [-0.4, -0.2) is 28.0 Å². The van der Waals surface area contributed by atoms with Crippen molar-refractivity contribution in [2.75, 3.05) is 11.5 Å². The van der Waals surface area contributed by atoms with Crippen LogP contribution in [-0.2, 0) is 6.42 Å². The molecule has 1 aliphatic rings. The monoisotopic (exact) mass is 364 g/mol. The zero-order chi connectivity index (χ0) is 13.8. The molecular formula is C13H18BrFN2S2. The average molecular weight is 365 g/mol. The van der Waals surface area contributed by atoms with E-state index < -0.39 is 0 Å². The van der Waals surface area contributed by atoms with Gasteiger partial charge in [0.25, 0.3) is 0 Å². The molecule has 1 heterocycles. The van der Waals surface area contributed by atoms with Crippen LogP contribution in [0.5, 0.6) is 0 Å². The quantitative estimate of drug-likeness (QED) is 0.635. The fourth-order valence-electron chi connectivity index (χ4n) is 2.30. The lowest BCUT2D eigenvalue weighted by Crippen LogP contribution is -2.48. The van der Waals surface area contributed by atoms with Gasteiger partial charge in [-0.1, -0.05) is 22.9 Å². The van der Waals surface area contributed by atoms with Gasteiger partial charge in [-0.05, 0) is 30.2 Å². The molecule has 19 heavy (non-hydrogen) atoms. The second-order valence-corrected chi connectivity index (χ2v) is 8.31. The molecule has 0 aromatic heterocycles. The fourth-order valence-corrected chi connectivity index (χ4v) is 5.65. The van der Waals surface area contributed by atoms with Crippen LogP contribution in [0.4, 0.5) is 4.39 Å². The van der Waals surface area contributed by atoms with Crippen molar-refractivity contribution in [2.24, 2.45) is 5.84 Å². The number of nitrogens with one attached hydrogen (secondary N) is 1. The molecule has 1 aromatic rings. The maximum absolute atomic E-state index is 13.8. The Kier molecular flexibility index (Phi) is 6.02. The van der Waals surface area contributed by atoms with Gasteiger partial charge in [0, 0.05) is 32.5 Å². The summed E-state index contributed by atoms with van der Waals surface area (Å²) < 4.78 is 14.7. The second-order valence-electron chi connectivity index (χ2n) is 4.62. The van der Waals surface area contributed by atoms with Crippen molar-refractivity contribution < 1.29 is 4.39 Å². The van der Waals surface area contributed by atoms with Crippen LogP contribution in [0.25, 0.3) is 0 Å². The van der Waals surface area contributed by atoms with E-state index in [0.29, 0.717) is 22.5 Å².